The van der Waals surface area contributed by atoms with Crippen LogP contribution in [0.4, 0.5) is 0 Å². The predicted molar refractivity (Wildman–Crippen MR) is 112 cm³/mol. The lowest BCUT2D eigenvalue weighted by atomic mass is 9.53. The SMILES string of the molecule is C/C=C(\C)C(=O)O[C@@H]1c2c(C)coc2C[C@H]2CC[C@H](OC(=O)C(C)C)[C@H](C(=O)O)[C@]21C. The Kier molecular flexibility index (Phi) is 6.35. The van der Waals surface area contributed by atoms with Gasteiger partial charge in [-0.05, 0) is 45.1 Å². The van der Waals surface area contributed by atoms with Gasteiger partial charge in [0.05, 0.1) is 12.2 Å². The first kappa shape index (κ1) is 23.1. The smallest absolute Gasteiger partial charge is 0.334 e. The Morgan fingerprint density at radius 3 is 2.52 bits per heavy atom. The van der Waals surface area contributed by atoms with Crippen molar-refractivity contribution in [3.63, 3.8) is 0 Å². The van der Waals surface area contributed by atoms with Crippen LogP contribution in [0.25, 0.3) is 0 Å². The van der Waals surface area contributed by atoms with Gasteiger partial charge in [-0.3, -0.25) is 9.59 Å². The average molecular weight is 433 g/mol. The molecule has 7 nitrogen and oxygen atoms in total. The van der Waals surface area contributed by atoms with Crippen LogP contribution < -0.4 is 0 Å². The fourth-order valence-corrected chi connectivity index (χ4v) is 5.09. The molecule has 1 aromatic heterocycles. The Hall–Kier alpha value is -2.57. The molecule has 5 atom stereocenters. The van der Waals surface area contributed by atoms with E-state index >= 15 is 0 Å². The van der Waals surface area contributed by atoms with Crippen LogP contribution in [0.1, 0.15) is 70.5 Å². The number of rotatable bonds is 5. The van der Waals surface area contributed by atoms with Crippen LogP contribution in [0, 0.1) is 30.1 Å². The molecular formula is C24H32O7. The van der Waals surface area contributed by atoms with Gasteiger partial charge in [0.15, 0.2) is 0 Å². The number of furan rings is 1. The Morgan fingerprint density at radius 1 is 1.26 bits per heavy atom. The normalized spacial score (nSPS) is 30.4. The largest absolute Gasteiger partial charge is 0.481 e. The van der Waals surface area contributed by atoms with E-state index in [-0.39, 0.29) is 11.8 Å². The summed E-state index contributed by atoms with van der Waals surface area (Å²) in [5.41, 5.74) is 1.03. The van der Waals surface area contributed by atoms with Crippen molar-refractivity contribution in [1.29, 1.82) is 0 Å². The van der Waals surface area contributed by atoms with Gasteiger partial charge in [0.1, 0.15) is 23.9 Å². The molecule has 3 rings (SSSR count). The third-order valence-electron chi connectivity index (χ3n) is 7.07. The van der Waals surface area contributed by atoms with Crippen molar-refractivity contribution >= 4 is 17.9 Å². The molecule has 1 fully saturated rings. The molecule has 1 heterocycles. The van der Waals surface area contributed by atoms with Crippen LogP contribution in [0.3, 0.4) is 0 Å². The van der Waals surface area contributed by atoms with Crippen molar-refractivity contribution in [2.75, 3.05) is 0 Å². The van der Waals surface area contributed by atoms with Gasteiger partial charge < -0.3 is 19.0 Å². The second kappa shape index (κ2) is 8.52. The topological polar surface area (TPSA) is 103 Å². The third-order valence-corrected chi connectivity index (χ3v) is 7.07. The molecular weight excluding hydrogens is 400 g/mol. The summed E-state index contributed by atoms with van der Waals surface area (Å²) in [6, 6.07) is 0. The maximum atomic E-state index is 12.8. The van der Waals surface area contributed by atoms with Crippen LogP contribution in [0.5, 0.6) is 0 Å². The molecule has 1 N–H and O–H groups in total. The number of allylic oxidation sites excluding steroid dienone is 1. The lowest BCUT2D eigenvalue weighted by Gasteiger charge is -2.53. The Morgan fingerprint density at radius 2 is 1.94 bits per heavy atom. The lowest BCUT2D eigenvalue weighted by molar-refractivity contribution is -0.199. The van der Waals surface area contributed by atoms with E-state index in [0.717, 1.165) is 16.9 Å². The first-order valence-electron chi connectivity index (χ1n) is 10.9. The molecule has 0 unspecified atom stereocenters. The van der Waals surface area contributed by atoms with Gasteiger partial charge in [-0.2, -0.15) is 0 Å². The molecule has 1 aromatic rings. The van der Waals surface area contributed by atoms with Crippen molar-refractivity contribution in [1.82, 2.24) is 0 Å². The second-order valence-corrected chi connectivity index (χ2v) is 9.30. The van der Waals surface area contributed by atoms with E-state index < -0.39 is 41.4 Å². The summed E-state index contributed by atoms with van der Waals surface area (Å²) in [6.07, 6.45) is 3.34. The van der Waals surface area contributed by atoms with E-state index in [1.54, 1.807) is 40.0 Å². The third kappa shape index (κ3) is 3.90. The van der Waals surface area contributed by atoms with E-state index in [4.69, 9.17) is 13.9 Å². The van der Waals surface area contributed by atoms with Gasteiger partial charge in [-0.1, -0.05) is 26.8 Å². The van der Waals surface area contributed by atoms with Crippen molar-refractivity contribution < 1.29 is 33.4 Å². The summed E-state index contributed by atoms with van der Waals surface area (Å²) >= 11 is 0. The number of hydrogen-bond acceptors (Lipinski definition) is 6. The summed E-state index contributed by atoms with van der Waals surface area (Å²) < 4.78 is 17.4. The number of fused-ring (bicyclic) bond motifs is 2. The number of carbonyl (C=O) groups is 3. The highest BCUT2D eigenvalue weighted by Crippen LogP contribution is 2.60. The van der Waals surface area contributed by atoms with Gasteiger partial charge in [0, 0.05) is 23.0 Å². The molecule has 31 heavy (non-hydrogen) atoms. The van der Waals surface area contributed by atoms with Gasteiger partial charge in [-0.15, -0.1) is 0 Å². The van der Waals surface area contributed by atoms with Gasteiger partial charge in [-0.25, -0.2) is 4.79 Å². The summed E-state index contributed by atoms with van der Waals surface area (Å²) in [6.45, 7) is 10.6. The monoisotopic (exact) mass is 432 g/mol. The molecule has 170 valence electrons. The highest BCUT2D eigenvalue weighted by Gasteiger charge is 2.62. The Labute approximate surface area is 182 Å². The molecule has 0 aromatic carbocycles. The highest BCUT2D eigenvalue weighted by molar-refractivity contribution is 5.88. The summed E-state index contributed by atoms with van der Waals surface area (Å²) in [7, 11) is 0. The van der Waals surface area contributed by atoms with Crippen molar-refractivity contribution in [2.45, 2.75) is 73.0 Å². The Bertz CT molecular complexity index is 909. The fraction of sp³-hybridized carbons (Fsp3) is 0.625. The molecule has 2 aliphatic rings. The predicted octanol–water partition coefficient (Wildman–Crippen LogP) is 4.38. The molecule has 0 amide bonds. The number of esters is 2. The van der Waals surface area contributed by atoms with Crippen LogP contribution in [0.15, 0.2) is 22.3 Å². The quantitative estimate of drug-likeness (QED) is 0.544. The van der Waals surface area contributed by atoms with Gasteiger partial charge in [0.25, 0.3) is 0 Å². The molecule has 0 aliphatic heterocycles. The summed E-state index contributed by atoms with van der Waals surface area (Å²) in [5, 5.41) is 10.3. The second-order valence-electron chi connectivity index (χ2n) is 9.30. The van der Waals surface area contributed by atoms with E-state index in [0.29, 0.717) is 24.8 Å². The van der Waals surface area contributed by atoms with Gasteiger partial charge in [0.2, 0.25) is 0 Å². The van der Waals surface area contributed by atoms with Crippen molar-refractivity contribution in [3.05, 3.63) is 34.8 Å². The first-order chi connectivity index (χ1) is 14.5. The van der Waals surface area contributed by atoms with Crippen LogP contribution >= 0.6 is 0 Å². The first-order valence-corrected chi connectivity index (χ1v) is 10.9. The zero-order valence-corrected chi connectivity index (χ0v) is 19.1. The number of aliphatic carboxylic acids is 1. The number of ether oxygens (including phenoxy) is 2. The lowest BCUT2D eigenvalue weighted by Crippen LogP contribution is -2.57. The van der Waals surface area contributed by atoms with Crippen molar-refractivity contribution in [3.8, 4) is 0 Å². The van der Waals surface area contributed by atoms with E-state index in [1.807, 2.05) is 13.8 Å². The van der Waals surface area contributed by atoms with Crippen molar-refractivity contribution in [2.24, 2.45) is 23.2 Å². The number of carboxylic acids is 1. The molecule has 7 heteroatoms. The molecule has 0 spiro atoms. The minimum absolute atomic E-state index is 0.0932. The molecule has 0 bridgehead atoms. The zero-order valence-electron chi connectivity index (χ0n) is 19.1. The number of carboxylic acid groups (broad SMARTS) is 1. The maximum Gasteiger partial charge on any atom is 0.334 e. The van der Waals surface area contributed by atoms with E-state index in [9.17, 15) is 19.5 Å². The highest BCUT2D eigenvalue weighted by atomic mass is 16.6. The van der Waals surface area contributed by atoms with E-state index in [2.05, 4.69) is 0 Å². The maximum absolute atomic E-state index is 12.8. The number of aryl methyl sites for hydroxylation is 1. The molecule has 1 saturated carbocycles. The molecule has 0 radical (unpaired) electrons. The van der Waals surface area contributed by atoms with Crippen LogP contribution in [-0.4, -0.2) is 29.1 Å². The standard InChI is InChI=1S/C24H32O7/c1-7-13(4)23(28)31-20-18-14(5)11-29-17(18)10-15-8-9-16(30-22(27)12(2)3)19(21(25)26)24(15,20)6/h7,11-12,15-16,19-20H,8-10H2,1-6H3,(H,25,26)/b13-7+/t15-,16+,19-,20-,24+/m1/s1. The van der Waals surface area contributed by atoms with Gasteiger partial charge >= 0.3 is 17.9 Å². The molecule has 2 aliphatic carbocycles. The minimum atomic E-state index is -1.05. The Balaban J connectivity index is 2.11. The fourth-order valence-electron chi connectivity index (χ4n) is 5.09. The van der Waals surface area contributed by atoms with Crippen LogP contribution in [-0.2, 0) is 30.3 Å². The molecule has 0 saturated heterocycles. The minimum Gasteiger partial charge on any atom is -0.481 e. The number of carbonyl (C=O) groups excluding carboxylic acids is 2. The van der Waals surface area contributed by atoms with Crippen LogP contribution in [0.2, 0.25) is 0 Å². The number of hydrogen-bond donors (Lipinski definition) is 1. The average Bonchev–Trinajstić information content (AvgIpc) is 3.07. The summed E-state index contributed by atoms with van der Waals surface area (Å²) in [5.74, 6) is -2.71. The zero-order chi connectivity index (χ0) is 23.1. The van der Waals surface area contributed by atoms with E-state index in [1.165, 1.54) is 0 Å². The summed E-state index contributed by atoms with van der Waals surface area (Å²) in [4.78, 5) is 37.7.